The van der Waals surface area contributed by atoms with Gasteiger partial charge in [0.2, 0.25) is 11.4 Å². The van der Waals surface area contributed by atoms with E-state index in [0.717, 1.165) is 56.3 Å². The summed E-state index contributed by atoms with van der Waals surface area (Å²) in [7, 11) is 0. The molecule has 0 atom stereocenters. The Hall–Kier alpha value is -2.74. The highest BCUT2D eigenvalue weighted by Crippen LogP contribution is 2.45. The van der Waals surface area contributed by atoms with Crippen LogP contribution in [0.4, 0.5) is 0 Å². The van der Waals surface area contributed by atoms with Gasteiger partial charge in [-0.3, -0.25) is 0 Å². The average Bonchev–Trinajstić information content (AvgIpc) is 3.49. The number of unbranched alkanes of at least 4 members (excludes halogenated alkanes) is 23. The van der Waals surface area contributed by atoms with E-state index in [4.69, 9.17) is 0 Å². The molecular weight excluding hydrogens is 677 g/mol. The minimum atomic E-state index is 0.999. The fourth-order valence-corrected chi connectivity index (χ4v) is 8.73. The Balaban J connectivity index is 1.51. The summed E-state index contributed by atoms with van der Waals surface area (Å²) in [5.74, 6) is 0. The van der Waals surface area contributed by atoms with Crippen LogP contribution in [0.5, 0.6) is 0 Å². The Kier molecular flexibility index (Phi) is 26.6. The van der Waals surface area contributed by atoms with Gasteiger partial charge in [-0.15, -0.1) is 0 Å². The average molecular weight is 763 g/mol. The first-order chi connectivity index (χ1) is 27.7. The quantitative estimate of drug-likeness (QED) is 0.0380. The third kappa shape index (κ3) is 18.2. The van der Waals surface area contributed by atoms with E-state index >= 15 is 0 Å². The Morgan fingerprint density at radius 1 is 0.429 bits per heavy atom. The summed E-state index contributed by atoms with van der Waals surface area (Å²) in [6, 6.07) is 18.0. The van der Waals surface area contributed by atoms with Gasteiger partial charge in [-0.2, -0.15) is 0 Å². The van der Waals surface area contributed by atoms with Crippen molar-refractivity contribution in [1.29, 1.82) is 0 Å². The number of allylic oxidation sites excluding steroid dienone is 4. The van der Waals surface area contributed by atoms with Gasteiger partial charge in [-0.05, 0) is 93.5 Å². The third-order valence-electron chi connectivity index (χ3n) is 12.2. The van der Waals surface area contributed by atoms with Crippen molar-refractivity contribution in [2.24, 2.45) is 0 Å². The molecule has 0 saturated heterocycles. The van der Waals surface area contributed by atoms with Gasteiger partial charge in [0.15, 0.2) is 0 Å². The van der Waals surface area contributed by atoms with Gasteiger partial charge in [0, 0.05) is 22.3 Å². The summed E-state index contributed by atoms with van der Waals surface area (Å²) in [5.41, 5.74) is 22.2. The van der Waals surface area contributed by atoms with E-state index < -0.39 is 0 Å². The van der Waals surface area contributed by atoms with E-state index in [9.17, 15) is 5.53 Å². The first-order valence-corrected chi connectivity index (χ1v) is 24.4. The summed E-state index contributed by atoms with van der Waals surface area (Å²) < 4.78 is 1.61. The molecule has 2 aromatic rings. The minimum absolute atomic E-state index is 0.999. The molecule has 3 rings (SSSR count). The molecule has 0 bridgehead atoms. The zero-order valence-electron chi connectivity index (χ0n) is 37.3. The summed E-state index contributed by atoms with van der Waals surface area (Å²) in [6.07, 6.45) is 46.4. The van der Waals surface area contributed by atoms with Crippen molar-refractivity contribution in [1.82, 2.24) is 0 Å². The smallest absolute Gasteiger partial charge is 0.211 e. The number of rotatable bonds is 35. The van der Waals surface area contributed by atoms with Crippen LogP contribution in [-0.4, -0.2) is 4.70 Å². The molecule has 0 fully saturated rings. The van der Waals surface area contributed by atoms with E-state index in [-0.39, 0.29) is 0 Å². The van der Waals surface area contributed by atoms with Crippen molar-refractivity contribution >= 4 is 11.4 Å². The fourth-order valence-electron chi connectivity index (χ4n) is 8.73. The molecule has 0 amide bonds. The number of nitrogens with zero attached hydrogens (tertiary/aromatic N) is 2. The van der Waals surface area contributed by atoms with Crippen LogP contribution in [0.15, 0.2) is 71.8 Å². The van der Waals surface area contributed by atoms with Crippen LogP contribution in [0, 0.1) is 0 Å². The van der Waals surface area contributed by atoms with Gasteiger partial charge in [0.1, 0.15) is 0 Å². The molecule has 0 saturated carbocycles. The number of aryl methyl sites for hydroxylation is 2. The first kappa shape index (κ1) is 47.6. The van der Waals surface area contributed by atoms with E-state index in [0.29, 0.717) is 0 Å². The van der Waals surface area contributed by atoms with Crippen molar-refractivity contribution in [3.05, 3.63) is 99.6 Å². The second kappa shape index (κ2) is 31.3. The SMILES string of the molecule is CCCCCCCCCCCCCCCCCCCC=CCCc1ccccc1C1=C(CCCCCC)C(CCCC)=C(c2cccc(CCCCC)c2)[N+]1=[N-]. The molecule has 0 N–H and O–H groups in total. The largest absolute Gasteiger partial charge is 0.493 e. The zero-order valence-corrected chi connectivity index (χ0v) is 37.3. The summed E-state index contributed by atoms with van der Waals surface area (Å²) in [6.45, 7) is 9.16. The third-order valence-corrected chi connectivity index (χ3v) is 12.2. The molecule has 0 aromatic heterocycles. The van der Waals surface area contributed by atoms with Gasteiger partial charge < -0.3 is 5.53 Å². The van der Waals surface area contributed by atoms with E-state index in [1.54, 1.807) is 4.70 Å². The molecule has 312 valence electrons. The molecule has 2 nitrogen and oxygen atoms in total. The van der Waals surface area contributed by atoms with E-state index in [2.05, 4.69) is 88.4 Å². The van der Waals surface area contributed by atoms with E-state index in [1.165, 1.54) is 194 Å². The predicted molar refractivity (Wildman–Crippen MR) is 248 cm³/mol. The van der Waals surface area contributed by atoms with Gasteiger partial charge in [-0.1, -0.05) is 211 Å². The Labute approximate surface area is 347 Å². The molecule has 1 heterocycles. The lowest BCUT2D eigenvalue weighted by molar-refractivity contribution is -0.345. The first-order valence-electron chi connectivity index (χ1n) is 24.4. The summed E-state index contributed by atoms with van der Waals surface area (Å²) >= 11 is 0. The standard InChI is InChI=1S/C54H86N2/c1-5-9-13-15-16-17-18-19-20-21-22-23-24-25-26-27-28-29-30-31-33-40-48-41-35-36-44-50(48)54-52(45-34-14-10-6-2)51(43-12-8-4)53(56(54)55)49-42-37-39-47(46-49)38-32-11-7-3/h30-31,35-37,39,41-42,44,46H,5-29,32-34,38,40,43,45H2,1-4H3. The molecule has 2 aromatic carbocycles. The summed E-state index contributed by atoms with van der Waals surface area (Å²) in [5, 5.41) is 0. The minimum Gasteiger partial charge on any atom is -0.493 e. The molecule has 0 radical (unpaired) electrons. The van der Waals surface area contributed by atoms with Crippen LogP contribution in [0.1, 0.15) is 243 Å². The second-order valence-corrected chi connectivity index (χ2v) is 17.2. The van der Waals surface area contributed by atoms with Gasteiger partial charge >= 0.3 is 0 Å². The van der Waals surface area contributed by atoms with Crippen LogP contribution in [0.2, 0.25) is 0 Å². The van der Waals surface area contributed by atoms with Crippen molar-refractivity contribution < 1.29 is 4.70 Å². The molecule has 1 aliphatic rings. The molecular formula is C54H86N2. The van der Waals surface area contributed by atoms with Crippen molar-refractivity contribution in [3.63, 3.8) is 0 Å². The molecule has 2 heteroatoms. The number of hydrogen-bond acceptors (Lipinski definition) is 0. The van der Waals surface area contributed by atoms with Crippen LogP contribution < -0.4 is 0 Å². The lowest BCUT2D eigenvalue weighted by Crippen LogP contribution is -2.05. The van der Waals surface area contributed by atoms with Crippen LogP contribution >= 0.6 is 0 Å². The maximum absolute atomic E-state index is 12.3. The van der Waals surface area contributed by atoms with Gasteiger partial charge in [0.05, 0.1) is 0 Å². The molecule has 56 heavy (non-hydrogen) atoms. The van der Waals surface area contributed by atoms with Gasteiger partial charge in [-0.25, -0.2) is 4.70 Å². The zero-order chi connectivity index (χ0) is 39.9. The molecule has 0 aliphatic carbocycles. The topological polar surface area (TPSA) is 25.3 Å². The van der Waals surface area contributed by atoms with Crippen molar-refractivity contribution in [3.8, 4) is 0 Å². The molecule has 0 unspecified atom stereocenters. The normalized spacial score (nSPS) is 13.3. The number of benzene rings is 2. The highest BCUT2D eigenvalue weighted by atomic mass is 15.2. The Morgan fingerprint density at radius 3 is 1.54 bits per heavy atom. The molecule has 1 aliphatic heterocycles. The number of hydrogen-bond donors (Lipinski definition) is 0. The maximum Gasteiger partial charge on any atom is 0.211 e. The van der Waals surface area contributed by atoms with Crippen molar-refractivity contribution in [2.45, 2.75) is 233 Å². The Bertz CT molecular complexity index is 1420. The highest BCUT2D eigenvalue weighted by molar-refractivity contribution is 5.83. The monoisotopic (exact) mass is 763 g/mol. The maximum atomic E-state index is 12.3. The second-order valence-electron chi connectivity index (χ2n) is 17.2. The fraction of sp³-hybridized carbons (Fsp3) is 0.667. The lowest BCUT2D eigenvalue weighted by Gasteiger charge is -2.13. The van der Waals surface area contributed by atoms with Crippen molar-refractivity contribution in [2.75, 3.05) is 0 Å². The Morgan fingerprint density at radius 2 is 0.911 bits per heavy atom. The van der Waals surface area contributed by atoms with E-state index in [1.807, 2.05) is 0 Å². The highest BCUT2D eigenvalue weighted by Gasteiger charge is 2.36. The summed E-state index contributed by atoms with van der Waals surface area (Å²) in [4.78, 5) is 0. The molecule has 0 spiro atoms. The van der Waals surface area contributed by atoms with Crippen LogP contribution in [0.25, 0.3) is 16.9 Å². The van der Waals surface area contributed by atoms with Crippen LogP contribution in [-0.2, 0) is 12.8 Å². The lowest BCUT2D eigenvalue weighted by atomic mass is 9.90. The predicted octanol–water partition coefficient (Wildman–Crippen LogP) is 18.3. The van der Waals surface area contributed by atoms with Crippen LogP contribution in [0.3, 0.4) is 0 Å². The van der Waals surface area contributed by atoms with Gasteiger partial charge in [0.25, 0.3) is 0 Å².